The van der Waals surface area contributed by atoms with E-state index in [-0.39, 0.29) is 6.61 Å². The molecule has 3 rings (SSSR count). The highest BCUT2D eigenvalue weighted by atomic mass is 35.5. The molecule has 0 saturated heterocycles. The van der Waals surface area contributed by atoms with Crippen molar-refractivity contribution in [3.63, 3.8) is 0 Å². The molecule has 1 N–H and O–H groups in total. The number of carbonyl (C=O) groups is 2. The number of thiazole rings is 1. The molecule has 8 heteroatoms. The molecule has 0 fully saturated rings. The number of ether oxygens (including phenoxy) is 1. The predicted molar refractivity (Wildman–Crippen MR) is 113 cm³/mol. The zero-order valence-electron chi connectivity index (χ0n) is 15.0. The lowest BCUT2D eigenvalue weighted by Crippen LogP contribution is -2.21. The summed E-state index contributed by atoms with van der Waals surface area (Å²) in [5.74, 6) is -0.318. The smallest absolute Gasteiger partial charge is 0.339 e. The van der Waals surface area contributed by atoms with E-state index in [1.165, 1.54) is 23.1 Å². The average molecular weight is 433 g/mol. The van der Waals surface area contributed by atoms with Gasteiger partial charge in [0.15, 0.2) is 6.61 Å². The summed E-state index contributed by atoms with van der Waals surface area (Å²) in [6, 6.07) is 12.4. The van der Waals surface area contributed by atoms with E-state index in [1.54, 1.807) is 35.8 Å². The summed E-state index contributed by atoms with van der Waals surface area (Å²) in [6.07, 6.45) is 0. The highest BCUT2D eigenvalue weighted by molar-refractivity contribution is 7.98. The van der Waals surface area contributed by atoms with E-state index in [0.717, 1.165) is 16.2 Å². The molecule has 0 bridgehead atoms. The number of aryl methyl sites for hydroxylation is 1. The molecule has 0 unspecified atom stereocenters. The number of thioether (sulfide) groups is 1. The van der Waals surface area contributed by atoms with Crippen molar-refractivity contribution in [2.45, 2.75) is 17.6 Å². The molecule has 0 aliphatic heterocycles. The van der Waals surface area contributed by atoms with Gasteiger partial charge >= 0.3 is 5.97 Å². The van der Waals surface area contributed by atoms with E-state index in [1.807, 2.05) is 24.4 Å². The Morgan fingerprint density at radius 1 is 1.25 bits per heavy atom. The van der Waals surface area contributed by atoms with Crippen LogP contribution in [0.3, 0.4) is 0 Å². The van der Waals surface area contributed by atoms with Crippen LogP contribution in [0.4, 0.5) is 5.69 Å². The molecule has 144 valence electrons. The monoisotopic (exact) mass is 432 g/mol. The van der Waals surface area contributed by atoms with Gasteiger partial charge in [-0.15, -0.1) is 23.1 Å². The molecule has 2 aromatic carbocycles. The van der Waals surface area contributed by atoms with Gasteiger partial charge in [-0.2, -0.15) is 0 Å². The molecule has 1 aromatic heterocycles. The van der Waals surface area contributed by atoms with Gasteiger partial charge in [-0.3, -0.25) is 4.79 Å². The molecule has 0 saturated carbocycles. The molecule has 0 aliphatic rings. The second kappa shape index (κ2) is 9.73. The van der Waals surface area contributed by atoms with E-state index in [2.05, 4.69) is 10.3 Å². The molecular formula is C20H17ClN2O3S2. The van der Waals surface area contributed by atoms with Gasteiger partial charge in [0.25, 0.3) is 5.91 Å². The molecule has 5 nitrogen and oxygen atoms in total. The maximum atomic E-state index is 12.4. The van der Waals surface area contributed by atoms with Crippen LogP contribution in [-0.2, 0) is 15.3 Å². The topological polar surface area (TPSA) is 68.3 Å². The fourth-order valence-electron chi connectivity index (χ4n) is 2.30. The van der Waals surface area contributed by atoms with Crippen molar-refractivity contribution in [3.05, 3.63) is 75.2 Å². The van der Waals surface area contributed by atoms with E-state index in [0.29, 0.717) is 22.0 Å². The lowest BCUT2D eigenvalue weighted by atomic mass is 10.2. The number of hydrogen-bond donors (Lipinski definition) is 1. The van der Waals surface area contributed by atoms with Gasteiger partial charge in [0.05, 0.1) is 16.8 Å². The van der Waals surface area contributed by atoms with Crippen molar-refractivity contribution in [1.29, 1.82) is 0 Å². The van der Waals surface area contributed by atoms with Crippen molar-refractivity contribution < 1.29 is 14.3 Å². The van der Waals surface area contributed by atoms with E-state index >= 15 is 0 Å². The van der Waals surface area contributed by atoms with Crippen LogP contribution in [0.5, 0.6) is 0 Å². The number of nitrogens with zero attached hydrogens (tertiary/aromatic N) is 1. The van der Waals surface area contributed by atoms with E-state index < -0.39 is 11.9 Å². The molecule has 0 radical (unpaired) electrons. The van der Waals surface area contributed by atoms with Crippen molar-refractivity contribution in [2.75, 3.05) is 11.9 Å². The van der Waals surface area contributed by atoms with Gasteiger partial charge in [0, 0.05) is 26.7 Å². The van der Waals surface area contributed by atoms with Crippen molar-refractivity contribution >= 4 is 52.3 Å². The van der Waals surface area contributed by atoms with Gasteiger partial charge in [0.1, 0.15) is 0 Å². The Labute approximate surface area is 176 Å². The Kier molecular flexibility index (Phi) is 7.08. The maximum Gasteiger partial charge on any atom is 0.339 e. The quantitative estimate of drug-likeness (QED) is 0.411. The fourth-order valence-corrected chi connectivity index (χ4v) is 4.09. The Bertz CT molecular complexity index is 977. The first kappa shape index (κ1) is 20.4. The summed E-state index contributed by atoms with van der Waals surface area (Å²) in [4.78, 5) is 29.5. The summed E-state index contributed by atoms with van der Waals surface area (Å²) < 4.78 is 5.18. The number of carbonyl (C=O) groups excluding carboxylic acids is 2. The third kappa shape index (κ3) is 5.58. The third-order valence-electron chi connectivity index (χ3n) is 3.76. The minimum atomic E-state index is -0.543. The average Bonchev–Trinajstić information content (AvgIpc) is 3.21. The van der Waals surface area contributed by atoms with Crippen LogP contribution < -0.4 is 5.32 Å². The molecular weight excluding hydrogens is 416 g/mol. The summed E-state index contributed by atoms with van der Waals surface area (Å²) in [5.41, 5.74) is 4.62. The van der Waals surface area contributed by atoms with E-state index in [4.69, 9.17) is 16.3 Å². The van der Waals surface area contributed by atoms with Crippen LogP contribution in [0.15, 0.2) is 58.3 Å². The third-order valence-corrected chi connectivity index (χ3v) is 5.91. The standard InChI is InChI=1S/C20H17ClN2O3S2/c1-13-6-7-14(8-17(13)21)23-19(24)9-26-20(25)16-4-2-3-5-18(16)28-11-15-10-27-12-22-15/h2-8,10,12H,9,11H2,1H3,(H,23,24). The first-order chi connectivity index (χ1) is 13.5. The van der Waals surface area contributed by atoms with Crippen LogP contribution in [-0.4, -0.2) is 23.5 Å². The number of rotatable bonds is 7. The number of hydrogen-bond acceptors (Lipinski definition) is 6. The minimum absolute atomic E-state index is 0.380. The summed E-state index contributed by atoms with van der Waals surface area (Å²) in [7, 11) is 0. The van der Waals surface area contributed by atoms with Crippen LogP contribution in [0, 0.1) is 6.92 Å². The van der Waals surface area contributed by atoms with Crippen molar-refractivity contribution in [3.8, 4) is 0 Å². The first-order valence-electron chi connectivity index (χ1n) is 8.35. The zero-order chi connectivity index (χ0) is 19.9. The Hall–Kier alpha value is -2.35. The minimum Gasteiger partial charge on any atom is -0.452 e. The number of benzene rings is 2. The SMILES string of the molecule is Cc1ccc(NC(=O)COC(=O)c2ccccc2SCc2cscn2)cc1Cl. The number of nitrogens with one attached hydrogen (secondary N) is 1. The normalized spacial score (nSPS) is 10.5. The largest absolute Gasteiger partial charge is 0.452 e. The molecule has 3 aromatic rings. The summed E-state index contributed by atoms with van der Waals surface area (Å²) >= 11 is 9.08. The van der Waals surface area contributed by atoms with Crippen LogP contribution >= 0.6 is 34.7 Å². The van der Waals surface area contributed by atoms with Gasteiger partial charge in [-0.05, 0) is 36.8 Å². The van der Waals surface area contributed by atoms with Crippen LogP contribution in [0.1, 0.15) is 21.6 Å². The summed E-state index contributed by atoms with van der Waals surface area (Å²) in [5, 5.41) is 5.19. The van der Waals surface area contributed by atoms with E-state index in [9.17, 15) is 9.59 Å². The fraction of sp³-hybridized carbons (Fsp3) is 0.150. The number of amides is 1. The highest BCUT2D eigenvalue weighted by Crippen LogP contribution is 2.27. The number of halogens is 1. The summed E-state index contributed by atoms with van der Waals surface area (Å²) in [6.45, 7) is 1.50. The predicted octanol–water partition coefficient (Wildman–Crippen LogP) is 5.19. The Morgan fingerprint density at radius 2 is 2.07 bits per heavy atom. The second-order valence-corrected chi connectivity index (χ2v) is 8.00. The van der Waals surface area contributed by atoms with Gasteiger partial charge in [-0.25, -0.2) is 9.78 Å². The molecule has 0 spiro atoms. The van der Waals surface area contributed by atoms with Gasteiger partial charge in [0.2, 0.25) is 0 Å². The zero-order valence-corrected chi connectivity index (χ0v) is 17.4. The molecule has 0 aliphatic carbocycles. The van der Waals surface area contributed by atoms with Gasteiger partial charge < -0.3 is 10.1 Å². The van der Waals surface area contributed by atoms with Crippen molar-refractivity contribution in [1.82, 2.24) is 4.98 Å². The number of anilines is 1. The molecule has 1 amide bonds. The first-order valence-corrected chi connectivity index (χ1v) is 10.7. The lowest BCUT2D eigenvalue weighted by Gasteiger charge is -2.10. The van der Waals surface area contributed by atoms with Crippen molar-refractivity contribution in [2.24, 2.45) is 0 Å². The molecule has 0 atom stereocenters. The number of aromatic nitrogens is 1. The highest BCUT2D eigenvalue weighted by Gasteiger charge is 2.15. The Morgan fingerprint density at radius 3 is 2.82 bits per heavy atom. The van der Waals surface area contributed by atoms with Crippen LogP contribution in [0.2, 0.25) is 5.02 Å². The number of esters is 1. The second-order valence-electron chi connectivity index (χ2n) is 5.85. The molecule has 1 heterocycles. The van der Waals surface area contributed by atoms with Gasteiger partial charge in [-0.1, -0.05) is 29.8 Å². The maximum absolute atomic E-state index is 12.4. The lowest BCUT2D eigenvalue weighted by molar-refractivity contribution is -0.119. The van der Waals surface area contributed by atoms with Crippen LogP contribution in [0.25, 0.3) is 0 Å². The Balaban J connectivity index is 1.57. The molecule has 28 heavy (non-hydrogen) atoms.